The summed E-state index contributed by atoms with van der Waals surface area (Å²) in [6.07, 6.45) is 4.53. The van der Waals surface area contributed by atoms with E-state index in [4.69, 9.17) is 0 Å². The quantitative estimate of drug-likeness (QED) is 0.506. The van der Waals surface area contributed by atoms with Crippen LogP contribution in [-0.4, -0.2) is 23.6 Å². The molecule has 0 fully saturated rings. The van der Waals surface area contributed by atoms with E-state index in [0.29, 0.717) is 11.1 Å². The van der Waals surface area contributed by atoms with Crippen LogP contribution in [0.15, 0.2) is 64.6 Å². The molecule has 0 aliphatic rings. The van der Waals surface area contributed by atoms with Crippen molar-refractivity contribution in [3.05, 3.63) is 71.3 Å². The summed E-state index contributed by atoms with van der Waals surface area (Å²) in [7, 11) is -3.99. The lowest BCUT2D eigenvalue weighted by Crippen LogP contribution is -2.14. The molecular weight excluding hydrogens is 406 g/mol. The largest absolute Gasteiger partial charge is 0.277 e. The van der Waals surface area contributed by atoms with E-state index >= 15 is 4.39 Å². The molecule has 0 amide bonds. The van der Waals surface area contributed by atoms with Crippen LogP contribution in [0.3, 0.4) is 0 Å². The average molecular weight is 418 g/mol. The predicted octanol–water partition coefficient (Wildman–Crippen LogP) is 4.28. The summed E-state index contributed by atoms with van der Waals surface area (Å²) < 4.78 is 56.6. The zero-order valence-corrected chi connectivity index (χ0v) is 15.7. The van der Waals surface area contributed by atoms with Crippen LogP contribution in [0.4, 0.5) is 14.5 Å². The van der Waals surface area contributed by atoms with Crippen molar-refractivity contribution in [2.75, 3.05) is 4.72 Å². The predicted molar refractivity (Wildman–Crippen MR) is 102 cm³/mol. The first kappa shape index (κ1) is 18.3. The lowest BCUT2D eigenvalue weighted by atomic mass is 10.0. The SMILES string of the molecule is O=S(=O)(Nc1ccc(F)c(-c2[nH]ncc2-c2ccncc2)c1F)c1ccsc1. The summed E-state index contributed by atoms with van der Waals surface area (Å²) in [5.74, 6) is -1.89. The summed E-state index contributed by atoms with van der Waals surface area (Å²) in [5.41, 5.74) is 0.435. The van der Waals surface area contributed by atoms with Gasteiger partial charge in [0.2, 0.25) is 0 Å². The van der Waals surface area contributed by atoms with Gasteiger partial charge in [-0.05, 0) is 41.3 Å². The third-order valence-corrected chi connectivity index (χ3v) is 6.22. The van der Waals surface area contributed by atoms with Crippen molar-refractivity contribution >= 4 is 27.0 Å². The molecule has 3 aromatic heterocycles. The molecule has 0 radical (unpaired) electrons. The zero-order valence-electron chi connectivity index (χ0n) is 14.1. The minimum atomic E-state index is -3.99. The Bertz CT molecular complexity index is 1220. The second-order valence-electron chi connectivity index (χ2n) is 5.74. The topological polar surface area (TPSA) is 87.7 Å². The zero-order chi connectivity index (χ0) is 19.7. The van der Waals surface area contributed by atoms with Crippen molar-refractivity contribution in [3.8, 4) is 22.4 Å². The highest BCUT2D eigenvalue weighted by atomic mass is 32.2. The van der Waals surface area contributed by atoms with Crippen molar-refractivity contribution in [1.29, 1.82) is 0 Å². The number of hydrogen-bond donors (Lipinski definition) is 2. The van der Waals surface area contributed by atoms with E-state index in [-0.39, 0.29) is 16.3 Å². The monoisotopic (exact) mass is 418 g/mol. The molecule has 4 aromatic rings. The van der Waals surface area contributed by atoms with E-state index in [1.807, 2.05) is 0 Å². The summed E-state index contributed by atoms with van der Waals surface area (Å²) in [4.78, 5) is 3.92. The fourth-order valence-electron chi connectivity index (χ4n) is 2.70. The number of hydrogen-bond acceptors (Lipinski definition) is 5. The second kappa shape index (κ2) is 7.13. The molecule has 1 aromatic carbocycles. The van der Waals surface area contributed by atoms with Gasteiger partial charge < -0.3 is 0 Å². The smallest absolute Gasteiger partial charge is 0.262 e. The maximum absolute atomic E-state index is 15.1. The number of halogens is 2. The number of benzene rings is 1. The van der Waals surface area contributed by atoms with Crippen LogP contribution in [-0.2, 0) is 10.0 Å². The molecule has 0 saturated heterocycles. The highest BCUT2D eigenvalue weighted by Gasteiger charge is 2.23. The van der Waals surface area contributed by atoms with Crippen molar-refractivity contribution in [2.24, 2.45) is 0 Å². The Balaban J connectivity index is 1.81. The number of nitrogens with zero attached hydrogens (tertiary/aromatic N) is 2. The number of nitrogens with one attached hydrogen (secondary N) is 2. The first-order valence-corrected chi connectivity index (χ1v) is 10.4. The van der Waals surface area contributed by atoms with Gasteiger partial charge in [-0.3, -0.25) is 14.8 Å². The van der Waals surface area contributed by atoms with E-state index in [1.54, 1.807) is 29.9 Å². The number of thiophene rings is 1. The summed E-state index contributed by atoms with van der Waals surface area (Å²) in [6, 6.07) is 6.79. The molecule has 10 heteroatoms. The summed E-state index contributed by atoms with van der Waals surface area (Å²) in [5, 5.41) is 9.49. The van der Waals surface area contributed by atoms with E-state index in [9.17, 15) is 12.8 Å². The fraction of sp³-hybridized carbons (Fsp3) is 0. The van der Waals surface area contributed by atoms with Crippen LogP contribution < -0.4 is 4.72 Å². The maximum atomic E-state index is 15.1. The van der Waals surface area contributed by atoms with Gasteiger partial charge in [0.1, 0.15) is 5.82 Å². The van der Waals surface area contributed by atoms with Gasteiger partial charge in [-0.15, -0.1) is 0 Å². The highest BCUT2D eigenvalue weighted by Crippen LogP contribution is 2.36. The number of aromatic nitrogens is 3. The minimum Gasteiger partial charge on any atom is -0.277 e. The molecule has 0 aliphatic heterocycles. The molecule has 0 atom stereocenters. The molecule has 3 heterocycles. The number of sulfonamides is 1. The van der Waals surface area contributed by atoms with Crippen LogP contribution >= 0.6 is 11.3 Å². The lowest BCUT2D eigenvalue weighted by molar-refractivity contribution is 0.587. The van der Waals surface area contributed by atoms with Crippen LogP contribution in [0, 0.1) is 11.6 Å². The Morgan fingerprint density at radius 1 is 1.07 bits per heavy atom. The Hall–Kier alpha value is -3.11. The lowest BCUT2D eigenvalue weighted by Gasteiger charge is -2.12. The molecule has 0 unspecified atom stereocenters. The van der Waals surface area contributed by atoms with Gasteiger partial charge >= 0.3 is 0 Å². The first-order valence-electron chi connectivity index (χ1n) is 7.94. The van der Waals surface area contributed by atoms with Gasteiger partial charge in [0.05, 0.1) is 28.0 Å². The van der Waals surface area contributed by atoms with Gasteiger partial charge in [0.25, 0.3) is 10.0 Å². The molecular formula is C18H12F2N4O2S2. The minimum absolute atomic E-state index is 0.00166. The van der Waals surface area contributed by atoms with Crippen LogP contribution in [0.1, 0.15) is 0 Å². The van der Waals surface area contributed by atoms with Gasteiger partial charge in [-0.1, -0.05) is 0 Å². The first-order chi connectivity index (χ1) is 13.5. The third kappa shape index (κ3) is 3.27. The summed E-state index contributed by atoms with van der Waals surface area (Å²) in [6.45, 7) is 0. The van der Waals surface area contributed by atoms with E-state index in [2.05, 4.69) is 19.9 Å². The molecule has 142 valence electrons. The highest BCUT2D eigenvalue weighted by molar-refractivity contribution is 7.92. The van der Waals surface area contributed by atoms with Gasteiger partial charge in [0, 0.05) is 23.3 Å². The average Bonchev–Trinajstić information content (AvgIpc) is 3.37. The molecule has 0 bridgehead atoms. The molecule has 4 rings (SSSR count). The fourth-order valence-corrected chi connectivity index (χ4v) is 4.78. The van der Waals surface area contributed by atoms with E-state index in [0.717, 1.165) is 12.1 Å². The Morgan fingerprint density at radius 2 is 1.86 bits per heavy atom. The van der Waals surface area contributed by atoms with E-state index in [1.165, 1.54) is 29.0 Å². The Labute approximate surface area is 163 Å². The Morgan fingerprint density at radius 3 is 2.57 bits per heavy atom. The van der Waals surface area contributed by atoms with Crippen molar-refractivity contribution < 1.29 is 17.2 Å². The number of rotatable bonds is 5. The van der Waals surface area contributed by atoms with Crippen LogP contribution in [0.2, 0.25) is 0 Å². The third-order valence-electron chi connectivity index (χ3n) is 4.02. The summed E-state index contributed by atoms with van der Waals surface area (Å²) >= 11 is 1.19. The number of anilines is 1. The molecule has 0 aliphatic carbocycles. The molecule has 0 saturated carbocycles. The van der Waals surface area contributed by atoms with Crippen LogP contribution in [0.5, 0.6) is 0 Å². The van der Waals surface area contributed by atoms with Crippen molar-refractivity contribution in [3.63, 3.8) is 0 Å². The normalized spacial score (nSPS) is 11.5. The molecule has 2 N–H and O–H groups in total. The van der Waals surface area contributed by atoms with Crippen molar-refractivity contribution in [2.45, 2.75) is 4.90 Å². The van der Waals surface area contributed by atoms with E-state index < -0.39 is 27.2 Å². The number of H-pyrrole nitrogens is 1. The molecule has 6 nitrogen and oxygen atoms in total. The second-order valence-corrected chi connectivity index (χ2v) is 8.21. The molecule has 28 heavy (non-hydrogen) atoms. The number of aromatic amines is 1. The number of pyridine rings is 1. The van der Waals surface area contributed by atoms with Gasteiger partial charge in [-0.2, -0.15) is 16.4 Å². The van der Waals surface area contributed by atoms with Crippen LogP contribution in [0.25, 0.3) is 22.4 Å². The molecule has 0 spiro atoms. The Kier molecular flexibility index (Phi) is 4.65. The van der Waals surface area contributed by atoms with Gasteiger partial charge in [0.15, 0.2) is 5.82 Å². The van der Waals surface area contributed by atoms with Gasteiger partial charge in [-0.25, -0.2) is 17.2 Å². The maximum Gasteiger partial charge on any atom is 0.262 e. The van der Waals surface area contributed by atoms with Crippen molar-refractivity contribution in [1.82, 2.24) is 15.2 Å². The standard InChI is InChI=1S/C18H12F2N4O2S2/c19-14-1-2-15(24-28(25,26)12-5-8-27-10-12)17(20)16(14)18-13(9-22-23-18)11-3-6-21-7-4-11/h1-10,24H,(H,22,23).